The van der Waals surface area contributed by atoms with Crippen molar-refractivity contribution in [3.05, 3.63) is 16.1 Å². The summed E-state index contributed by atoms with van der Waals surface area (Å²) in [6, 6.07) is 0.205. The van der Waals surface area contributed by atoms with E-state index in [1.807, 2.05) is 20.8 Å². The molecule has 1 amide bonds. The second-order valence-electron chi connectivity index (χ2n) is 7.19. The predicted molar refractivity (Wildman–Crippen MR) is 120 cm³/mol. The highest BCUT2D eigenvalue weighted by molar-refractivity contribution is 14.0. The maximum Gasteiger partial charge on any atom is 0.434 e. The number of hydrogen-bond acceptors (Lipinski definition) is 4. The lowest BCUT2D eigenvalue weighted by atomic mass is 9.85. The summed E-state index contributed by atoms with van der Waals surface area (Å²) >= 11 is 0.946. The Morgan fingerprint density at radius 1 is 1.38 bits per heavy atom. The molecule has 0 aromatic carbocycles. The van der Waals surface area contributed by atoms with Crippen LogP contribution in [0.1, 0.15) is 57.2 Å². The van der Waals surface area contributed by atoms with Gasteiger partial charge in [-0.3, -0.25) is 4.79 Å². The highest BCUT2D eigenvalue weighted by Gasteiger charge is 2.33. The molecule has 2 unspecified atom stereocenters. The summed E-state index contributed by atoms with van der Waals surface area (Å²) in [7, 11) is 0. The summed E-state index contributed by atoms with van der Waals surface area (Å²) in [5, 5.41) is 10.7. The number of carbonyl (C=O) groups excluding carboxylic acids is 1. The van der Waals surface area contributed by atoms with Crippen LogP contribution in [0.2, 0.25) is 0 Å². The van der Waals surface area contributed by atoms with Gasteiger partial charge in [-0.2, -0.15) is 13.2 Å². The van der Waals surface area contributed by atoms with Crippen molar-refractivity contribution in [2.24, 2.45) is 10.9 Å². The fourth-order valence-corrected chi connectivity index (χ4v) is 3.86. The van der Waals surface area contributed by atoms with Crippen LogP contribution >= 0.6 is 35.3 Å². The number of aromatic nitrogens is 1. The number of thiazole rings is 1. The number of nitrogens with one attached hydrogen (secondary N) is 3. The van der Waals surface area contributed by atoms with Crippen LogP contribution in [0, 0.1) is 5.92 Å². The van der Waals surface area contributed by atoms with Crippen molar-refractivity contribution in [2.45, 2.75) is 71.3 Å². The van der Waals surface area contributed by atoms with Gasteiger partial charge in [0.15, 0.2) is 11.7 Å². The molecule has 1 fully saturated rings. The summed E-state index contributed by atoms with van der Waals surface area (Å²) in [4.78, 5) is 20.2. The Labute approximate surface area is 190 Å². The van der Waals surface area contributed by atoms with Crippen molar-refractivity contribution in [2.75, 3.05) is 6.54 Å². The van der Waals surface area contributed by atoms with Crippen LogP contribution in [-0.2, 0) is 17.5 Å². The number of aliphatic imine (C=N–C) groups is 1. The maximum atomic E-state index is 12.7. The number of hydrogen-bond donors (Lipinski definition) is 3. The number of alkyl halides is 3. The molecular formula is C18H29F3IN5OS. The first-order chi connectivity index (χ1) is 13.2. The molecule has 3 N–H and O–H groups in total. The van der Waals surface area contributed by atoms with E-state index in [9.17, 15) is 18.0 Å². The minimum absolute atomic E-state index is 0. The second-order valence-corrected chi connectivity index (χ2v) is 8.13. The summed E-state index contributed by atoms with van der Waals surface area (Å²) in [5.74, 6) is 0.567. The lowest BCUT2D eigenvalue weighted by Crippen LogP contribution is -2.47. The lowest BCUT2D eigenvalue weighted by molar-refractivity contribution is -0.140. The van der Waals surface area contributed by atoms with Gasteiger partial charge in [0.2, 0.25) is 5.91 Å². The zero-order valence-corrected chi connectivity index (χ0v) is 20.0. The van der Waals surface area contributed by atoms with E-state index < -0.39 is 11.9 Å². The smallest absolute Gasteiger partial charge is 0.357 e. The molecule has 0 spiro atoms. The highest BCUT2D eigenvalue weighted by atomic mass is 127. The fraction of sp³-hybridized carbons (Fsp3) is 0.722. The average Bonchev–Trinajstić information content (AvgIpc) is 3.09. The molecule has 0 saturated heterocycles. The van der Waals surface area contributed by atoms with E-state index in [1.54, 1.807) is 0 Å². The number of guanidine groups is 1. The molecule has 2 atom stereocenters. The van der Waals surface area contributed by atoms with Gasteiger partial charge in [0.25, 0.3) is 0 Å². The number of nitrogens with zero attached hydrogens (tertiary/aromatic N) is 2. The molecule has 1 heterocycles. The Bertz CT molecular complexity index is 681. The molecule has 1 aromatic heterocycles. The van der Waals surface area contributed by atoms with E-state index in [-0.39, 0.29) is 54.4 Å². The van der Waals surface area contributed by atoms with Gasteiger partial charge < -0.3 is 16.0 Å². The molecular weight excluding hydrogens is 518 g/mol. The zero-order chi connectivity index (χ0) is 20.7. The van der Waals surface area contributed by atoms with Crippen molar-refractivity contribution in [3.8, 4) is 0 Å². The third kappa shape index (κ3) is 8.65. The van der Waals surface area contributed by atoms with Crippen LogP contribution in [-0.4, -0.2) is 35.5 Å². The molecule has 29 heavy (non-hydrogen) atoms. The quantitative estimate of drug-likeness (QED) is 0.287. The summed E-state index contributed by atoms with van der Waals surface area (Å²) in [6.07, 6.45) is -1.00. The molecule has 0 radical (unpaired) electrons. The Morgan fingerprint density at radius 3 is 2.69 bits per heavy atom. The lowest BCUT2D eigenvalue weighted by Gasteiger charge is -2.30. The van der Waals surface area contributed by atoms with Gasteiger partial charge >= 0.3 is 6.18 Å². The zero-order valence-electron chi connectivity index (χ0n) is 16.8. The highest BCUT2D eigenvalue weighted by Crippen LogP contribution is 2.30. The molecule has 1 aliphatic carbocycles. The van der Waals surface area contributed by atoms with Crippen LogP contribution in [0.3, 0.4) is 0 Å². The normalized spacial score (nSPS) is 20.2. The SMILES string of the molecule is CCNC(=NCc1nc(C(F)(F)F)cs1)NC1CCCC(C(=O)NC(C)C)C1.I. The standard InChI is InChI=1S/C18H28F3N5OS.HI/c1-4-22-17(23-9-15-26-14(10-28-15)18(19,20)21)25-13-7-5-6-12(8-13)16(27)24-11(2)3;/h10-13H,4-9H2,1-3H3,(H,24,27)(H2,22,23,25);1H. The molecule has 1 saturated carbocycles. The van der Waals surface area contributed by atoms with E-state index in [0.29, 0.717) is 23.9 Å². The molecule has 11 heteroatoms. The molecule has 6 nitrogen and oxygen atoms in total. The van der Waals surface area contributed by atoms with E-state index >= 15 is 0 Å². The van der Waals surface area contributed by atoms with Gasteiger partial charge in [0.05, 0.1) is 6.54 Å². The van der Waals surface area contributed by atoms with Gasteiger partial charge in [0, 0.05) is 29.9 Å². The summed E-state index contributed by atoms with van der Waals surface area (Å²) < 4.78 is 38.0. The first-order valence-electron chi connectivity index (χ1n) is 9.55. The summed E-state index contributed by atoms with van der Waals surface area (Å²) in [5.41, 5.74) is -0.882. The first kappa shape index (κ1) is 25.9. The predicted octanol–water partition coefficient (Wildman–Crippen LogP) is 3.92. The minimum atomic E-state index is -4.44. The Morgan fingerprint density at radius 2 is 2.10 bits per heavy atom. The van der Waals surface area contributed by atoms with Crippen LogP contribution < -0.4 is 16.0 Å². The monoisotopic (exact) mass is 547 g/mol. The van der Waals surface area contributed by atoms with Crippen LogP contribution in [0.5, 0.6) is 0 Å². The van der Waals surface area contributed by atoms with Gasteiger partial charge in [0.1, 0.15) is 5.01 Å². The molecule has 0 bridgehead atoms. The van der Waals surface area contributed by atoms with Crippen molar-refractivity contribution < 1.29 is 18.0 Å². The summed E-state index contributed by atoms with van der Waals surface area (Å²) in [6.45, 7) is 6.49. The van der Waals surface area contributed by atoms with Crippen LogP contribution in [0.15, 0.2) is 10.4 Å². The molecule has 1 aliphatic rings. The van der Waals surface area contributed by atoms with E-state index in [0.717, 1.165) is 36.0 Å². The van der Waals surface area contributed by atoms with Crippen LogP contribution in [0.4, 0.5) is 13.2 Å². The number of rotatable bonds is 6. The first-order valence-corrected chi connectivity index (χ1v) is 10.4. The van der Waals surface area contributed by atoms with Gasteiger partial charge in [-0.1, -0.05) is 6.42 Å². The number of carbonyl (C=O) groups is 1. The van der Waals surface area contributed by atoms with Gasteiger partial charge in [-0.15, -0.1) is 35.3 Å². The topological polar surface area (TPSA) is 78.4 Å². The third-order valence-corrected chi connectivity index (χ3v) is 5.21. The Balaban J connectivity index is 0.00000420. The third-order valence-electron chi connectivity index (χ3n) is 4.38. The van der Waals surface area contributed by atoms with Gasteiger partial charge in [-0.05, 0) is 40.0 Å². The average molecular weight is 547 g/mol. The molecule has 166 valence electrons. The van der Waals surface area contributed by atoms with E-state index in [4.69, 9.17) is 0 Å². The van der Waals surface area contributed by atoms with Gasteiger partial charge in [-0.25, -0.2) is 9.98 Å². The molecule has 2 rings (SSSR count). The van der Waals surface area contributed by atoms with Crippen molar-refractivity contribution in [1.29, 1.82) is 0 Å². The Hall–Kier alpha value is -1.11. The number of amides is 1. The van der Waals surface area contributed by atoms with Crippen molar-refractivity contribution in [3.63, 3.8) is 0 Å². The fourth-order valence-electron chi connectivity index (χ4n) is 3.14. The van der Waals surface area contributed by atoms with Crippen LogP contribution in [0.25, 0.3) is 0 Å². The number of halogens is 4. The molecule has 0 aliphatic heterocycles. The van der Waals surface area contributed by atoms with E-state index in [1.165, 1.54) is 0 Å². The Kier molecular flexibility index (Phi) is 10.7. The second kappa shape index (κ2) is 11.9. The maximum absolute atomic E-state index is 12.7. The largest absolute Gasteiger partial charge is 0.434 e. The minimum Gasteiger partial charge on any atom is -0.357 e. The molecule has 1 aromatic rings. The van der Waals surface area contributed by atoms with E-state index in [2.05, 4.69) is 25.9 Å². The van der Waals surface area contributed by atoms with Crippen molar-refractivity contribution in [1.82, 2.24) is 20.9 Å². The van der Waals surface area contributed by atoms with Crippen molar-refractivity contribution >= 4 is 47.2 Å².